The first-order valence-electron chi connectivity index (χ1n) is 7.87. The lowest BCUT2D eigenvalue weighted by Crippen LogP contribution is -2.43. The van der Waals surface area contributed by atoms with Crippen LogP contribution in [0.25, 0.3) is 0 Å². The Kier molecular flexibility index (Phi) is 5.18. The third kappa shape index (κ3) is 3.53. The molecule has 0 aromatic heterocycles. The van der Waals surface area contributed by atoms with Crippen molar-refractivity contribution in [3.8, 4) is 0 Å². The van der Waals surface area contributed by atoms with Crippen LogP contribution in [0.3, 0.4) is 0 Å². The summed E-state index contributed by atoms with van der Waals surface area (Å²) in [6, 6.07) is 6.55. The third-order valence-electron chi connectivity index (χ3n) is 4.12. The van der Waals surface area contributed by atoms with Crippen LogP contribution in [0, 0.1) is 17.5 Å². The zero-order valence-corrected chi connectivity index (χ0v) is 14.3. The fourth-order valence-corrected chi connectivity index (χ4v) is 2.95. The lowest BCUT2D eigenvalue weighted by molar-refractivity contribution is -0.127. The molecule has 0 radical (unpaired) electrons. The largest absolute Gasteiger partial charge is 0.324 e. The van der Waals surface area contributed by atoms with Crippen LogP contribution in [-0.4, -0.2) is 29.9 Å². The Morgan fingerprint density at radius 2 is 1.81 bits per heavy atom. The maximum absolute atomic E-state index is 14.1. The Morgan fingerprint density at radius 3 is 2.38 bits per heavy atom. The summed E-state index contributed by atoms with van der Waals surface area (Å²) in [7, 11) is 0. The average molecular weight is 383 g/mol. The molecule has 2 aromatic carbocycles. The molecule has 1 fully saturated rings. The van der Waals surface area contributed by atoms with E-state index in [4.69, 9.17) is 11.6 Å². The van der Waals surface area contributed by atoms with E-state index in [9.17, 15) is 22.8 Å². The highest BCUT2D eigenvalue weighted by Crippen LogP contribution is 2.26. The molecule has 1 aliphatic heterocycles. The minimum absolute atomic E-state index is 0.128. The van der Waals surface area contributed by atoms with Crippen LogP contribution in [-0.2, 0) is 4.79 Å². The Morgan fingerprint density at radius 1 is 1.12 bits per heavy atom. The molecule has 2 aromatic rings. The monoisotopic (exact) mass is 382 g/mol. The first kappa shape index (κ1) is 18.3. The van der Waals surface area contributed by atoms with Gasteiger partial charge in [-0.1, -0.05) is 17.7 Å². The highest BCUT2D eigenvalue weighted by Gasteiger charge is 2.29. The highest BCUT2D eigenvalue weighted by atomic mass is 35.5. The molecule has 2 amide bonds. The van der Waals surface area contributed by atoms with Gasteiger partial charge in [-0.3, -0.25) is 14.5 Å². The van der Waals surface area contributed by atoms with E-state index in [0.29, 0.717) is 19.4 Å². The molecule has 0 N–H and O–H groups in total. The van der Waals surface area contributed by atoms with Gasteiger partial charge in [-0.15, -0.1) is 0 Å². The number of rotatable bonds is 4. The molecule has 136 valence electrons. The summed E-state index contributed by atoms with van der Waals surface area (Å²) in [6.07, 6.45) is 0.958. The first-order valence-corrected chi connectivity index (χ1v) is 8.25. The van der Waals surface area contributed by atoms with Gasteiger partial charge < -0.3 is 4.90 Å². The second-order valence-corrected chi connectivity index (χ2v) is 6.24. The van der Waals surface area contributed by atoms with Gasteiger partial charge in [-0.05, 0) is 36.8 Å². The van der Waals surface area contributed by atoms with Gasteiger partial charge in [-0.2, -0.15) is 0 Å². The van der Waals surface area contributed by atoms with Crippen LogP contribution < -0.4 is 4.90 Å². The van der Waals surface area contributed by atoms with E-state index in [1.165, 1.54) is 17.0 Å². The van der Waals surface area contributed by atoms with Crippen molar-refractivity contribution in [2.75, 3.05) is 18.1 Å². The zero-order chi connectivity index (χ0) is 18.8. The number of hydrogen-bond donors (Lipinski definition) is 0. The van der Waals surface area contributed by atoms with E-state index in [2.05, 4.69) is 0 Å². The molecule has 0 bridgehead atoms. The molecular formula is C18H14ClF3N2O2. The minimum Gasteiger partial charge on any atom is -0.324 e. The molecule has 0 saturated carbocycles. The number of carbonyl (C=O) groups is 2. The summed E-state index contributed by atoms with van der Waals surface area (Å²) in [4.78, 5) is 27.2. The SMILES string of the molecule is O=C1CCCN1CN(C(=O)c1c(F)cccc1F)c1ccc(F)c(Cl)c1. The van der Waals surface area contributed by atoms with Crippen molar-refractivity contribution in [1.29, 1.82) is 0 Å². The topological polar surface area (TPSA) is 40.6 Å². The Labute approximate surface area is 152 Å². The van der Waals surface area contributed by atoms with Crippen molar-refractivity contribution in [3.63, 3.8) is 0 Å². The van der Waals surface area contributed by atoms with Crippen molar-refractivity contribution in [2.24, 2.45) is 0 Å². The number of hydrogen-bond acceptors (Lipinski definition) is 2. The molecule has 1 aliphatic rings. The summed E-state index contributed by atoms with van der Waals surface area (Å²) in [5.41, 5.74) is -0.622. The van der Waals surface area contributed by atoms with Gasteiger partial charge in [0, 0.05) is 18.7 Å². The van der Waals surface area contributed by atoms with Crippen molar-refractivity contribution >= 4 is 29.1 Å². The third-order valence-corrected chi connectivity index (χ3v) is 4.41. The lowest BCUT2D eigenvalue weighted by Gasteiger charge is -2.28. The number of halogens is 4. The summed E-state index contributed by atoms with van der Waals surface area (Å²) in [5.74, 6) is -3.91. The molecule has 26 heavy (non-hydrogen) atoms. The average Bonchev–Trinajstić information content (AvgIpc) is 3.00. The van der Waals surface area contributed by atoms with Gasteiger partial charge in [0.2, 0.25) is 5.91 Å². The van der Waals surface area contributed by atoms with Crippen molar-refractivity contribution < 1.29 is 22.8 Å². The number of carbonyl (C=O) groups excluding carboxylic acids is 2. The Hall–Kier alpha value is -2.54. The van der Waals surface area contributed by atoms with E-state index < -0.39 is 28.9 Å². The predicted octanol–water partition coefficient (Wildman–Crippen LogP) is 3.98. The van der Waals surface area contributed by atoms with E-state index in [0.717, 1.165) is 29.2 Å². The van der Waals surface area contributed by atoms with Gasteiger partial charge >= 0.3 is 0 Å². The van der Waals surface area contributed by atoms with Gasteiger partial charge in [0.25, 0.3) is 5.91 Å². The Balaban J connectivity index is 2.03. The van der Waals surface area contributed by atoms with Gasteiger partial charge in [0.15, 0.2) is 0 Å². The fraction of sp³-hybridized carbons (Fsp3) is 0.222. The highest BCUT2D eigenvalue weighted by molar-refractivity contribution is 6.31. The smallest absolute Gasteiger partial charge is 0.265 e. The standard InChI is InChI=1S/C18H14ClF3N2O2/c19-12-9-11(6-7-13(12)20)24(10-23-8-2-5-16(23)25)18(26)17-14(21)3-1-4-15(17)22/h1,3-4,6-7,9H,2,5,8,10H2. The molecule has 0 atom stereocenters. The molecule has 0 unspecified atom stereocenters. The molecule has 1 saturated heterocycles. The molecule has 0 spiro atoms. The summed E-state index contributed by atoms with van der Waals surface area (Å²) in [6.45, 7) is 0.199. The van der Waals surface area contributed by atoms with E-state index in [-0.39, 0.29) is 23.3 Å². The van der Waals surface area contributed by atoms with Crippen molar-refractivity contribution in [2.45, 2.75) is 12.8 Å². The maximum Gasteiger partial charge on any atom is 0.265 e. The number of benzene rings is 2. The van der Waals surface area contributed by atoms with Crippen molar-refractivity contribution in [3.05, 3.63) is 64.4 Å². The minimum atomic E-state index is -1.03. The zero-order valence-electron chi connectivity index (χ0n) is 13.5. The first-order chi connectivity index (χ1) is 12.4. The normalized spacial score (nSPS) is 14.0. The molecular weight excluding hydrogens is 369 g/mol. The van der Waals surface area contributed by atoms with Gasteiger partial charge in [-0.25, -0.2) is 13.2 Å². The maximum atomic E-state index is 14.1. The van der Waals surface area contributed by atoms with Crippen LogP contribution in [0.15, 0.2) is 36.4 Å². The lowest BCUT2D eigenvalue weighted by atomic mass is 10.1. The van der Waals surface area contributed by atoms with E-state index in [1.807, 2.05) is 0 Å². The van der Waals surface area contributed by atoms with Crippen LogP contribution in [0.5, 0.6) is 0 Å². The quantitative estimate of drug-likeness (QED) is 0.802. The van der Waals surface area contributed by atoms with E-state index in [1.54, 1.807) is 0 Å². The summed E-state index contributed by atoms with van der Waals surface area (Å²) in [5, 5.41) is -0.248. The fourth-order valence-electron chi connectivity index (χ4n) is 2.78. The molecule has 8 heteroatoms. The van der Waals surface area contributed by atoms with Crippen LogP contribution in [0.4, 0.5) is 18.9 Å². The van der Waals surface area contributed by atoms with Crippen molar-refractivity contribution in [1.82, 2.24) is 4.90 Å². The Bertz CT molecular complexity index is 855. The predicted molar refractivity (Wildman–Crippen MR) is 90.4 cm³/mol. The summed E-state index contributed by atoms with van der Waals surface area (Å²) >= 11 is 5.77. The second kappa shape index (κ2) is 7.37. The second-order valence-electron chi connectivity index (χ2n) is 5.83. The molecule has 1 heterocycles. The number of nitrogens with zero attached hydrogens (tertiary/aromatic N) is 2. The number of likely N-dealkylation sites (tertiary alicyclic amines) is 1. The molecule has 4 nitrogen and oxygen atoms in total. The number of amides is 2. The van der Waals surface area contributed by atoms with E-state index >= 15 is 0 Å². The van der Waals surface area contributed by atoms with Crippen LogP contribution in [0.1, 0.15) is 23.2 Å². The van der Waals surface area contributed by atoms with Crippen LogP contribution in [0.2, 0.25) is 5.02 Å². The van der Waals surface area contributed by atoms with Gasteiger partial charge in [0.1, 0.15) is 29.7 Å². The van der Waals surface area contributed by atoms with Crippen LogP contribution >= 0.6 is 11.6 Å². The molecule has 0 aliphatic carbocycles. The summed E-state index contributed by atoms with van der Waals surface area (Å²) < 4.78 is 41.6. The molecule has 3 rings (SSSR count). The number of anilines is 1. The van der Waals surface area contributed by atoms with Gasteiger partial charge in [0.05, 0.1) is 5.02 Å².